The molecule has 0 aliphatic heterocycles. The van der Waals surface area contributed by atoms with Crippen molar-refractivity contribution in [3.63, 3.8) is 0 Å². The molecule has 0 saturated carbocycles. The Labute approximate surface area is 174 Å². The highest BCUT2D eigenvalue weighted by Crippen LogP contribution is 2.20. The van der Waals surface area contributed by atoms with Crippen LogP contribution < -0.4 is 10.9 Å². The van der Waals surface area contributed by atoms with E-state index in [0.717, 1.165) is 4.47 Å². The summed E-state index contributed by atoms with van der Waals surface area (Å²) in [5.41, 5.74) is 0.313. The van der Waals surface area contributed by atoms with E-state index in [1.54, 1.807) is 30.3 Å². The molecule has 0 saturated heterocycles. The van der Waals surface area contributed by atoms with Gasteiger partial charge in [-0.05, 0) is 55.5 Å². The van der Waals surface area contributed by atoms with Crippen molar-refractivity contribution in [1.82, 2.24) is 0 Å². The minimum absolute atomic E-state index is 0.116. The summed E-state index contributed by atoms with van der Waals surface area (Å²) < 4.78 is 16.2. The Balaban J connectivity index is 1.69. The molecule has 0 atom stereocenters. The second-order valence-electron chi connectivity index (χ2n) is 5.99. The van der Waals surface area contributed by atoms with E-state index in [4.69, 9.17) is 13.9 Å². The fourth-order valence-electron chi connectivity index (χ4n) is 2.56. The number of amides is 1. The number of hydrogen-bond donors (Lipinski definition) is 1. The quantitative estimate of drug-likeness (QED) is 0.326. The molecular weight excluding hydrogens is 442 g/mol. The fraction of sp³-hybridized carbons (Fsp3) is 0.190. The average Bonchev–Trinajstić information content (AvgIpc) is 2.71. The Morgan fingerprint density at radius 3 is 2.55 bits per heavy atom. The average molecular weight is 460 g/mol. The van der Waals surface area contributed by atoms with Crippen molar-refractivity contribution in [2.75, 3.05) is 25.1 Å². The fourth-order valence-corrected chi connectivity index (χ4v) is 2.94. The number of benzene rings is 2. The van der Waals surface area contributed by atoms with E-state index in [2.05, 4.69) is 21.2 Å². The molecule has 1 aromatic heterocycles. The van der Waals surface area contributed by atoms with Crippen LogP contribution in [0.5, 0.6) is 0 Å². The Morgan fingerprint density at radius 2 is 1.83 bits per heavy atom. The largest absolute Gasteiger partial charge is 0.460 e. The highest BCUT2D eigenvalue weighted by atomic mass is 79.9. The maximum absolute atomic E-state index is 12.5. The standard InChI is InChI=1S/C21H18BrNO6/c1-2-27-9-10-28-20(25)13-3-6-16(7-4-13)23-19(24)17-12-14-11-15(22)5-8-18(14)29-21(17)26/h3-8,11-12H,2,9-10H2,1H3,(H,23,24). The molecule has 0 unspecified atom stereocenters. The molecule has 3 aromatic rings. The zero-order valence-electron chi connectivity index (χ0n) is 15.6. The number of halogens is 1. The smallest absolute Gasteiger partial charge is 0.349 e. The molecule has 150 valence electrons. The topological polar surface area (TPSA) is 94.8 Å². The zero-order valence-corrected chi connectivity index (χ0v) is 17.2. The summed E-state index contributed by atoms with van der Waals surface area (Å²) in [7, 11) is 0. The van der Waals surface area contributed by atoms with Gasteiger partial charge >= 0.3 is 11.6 Å². The normalized spacial score (nSPS) is 10.7. The number of carbonyl (C=O) groups is 2. The van der Waals surface area contributed by atoms with Crippen LogP contribution >= 0.6 is 15.9 Å². The van der Waals surface area contributed by atoms with Crippen molar-refractivity contribution >= 4 is 44.5 Å². The van der Waals surface area contributed by atoms with Crippen LogP contribution in [0.2, 0.25) is 0 Å². The molecule has 1 N–H and O–H groups in total. The molecule has 0 aliphatic carbocycles. The van der Waals surface area contributed by atoms with E-state index >= 15 is 0 Å². The highest BCUT2D eigenvalue weighted by molar-refractivity contribution is 9.10. The molecule has 1 heterocycles. The number of ether oxygens (including phenoxy) is 2. The van der Waals surface area contributed by atoms with Crippen molar-refractivity contribution in [3.8, 4) is 0 Å². The van der Waals surface area contributed by atoms with E-state index in [1.807, 2.05) is 6.92 Å². The number of fused-ring (bicyclic) bond motifs is 1. The summed E-state index contributed by atoms with van der Waals surface area (Å²) in [6.45, 7) is 2.91. The Morgan fingerprint density at radius 1 is 1.07 bits per heavy atom. The van der Waals surface area contributed by atoms with Gasteiger partial charge in [0.1, 0.15) is 17.8 Å². The third-order valence-electron chi connectivity index (χ3n) is 3.98. The predicted molar refractivity (Wildman–Crippen MR) is 111 cm³/mol. The first-order valence-corrected chi connectivity index (χ1v) is 9.67. The summed E-state index contributed by atoms with van der Waals surface area (Å²) >= 11 is 3.34. The van der Waals surface area contributed by atoms with Crippen LogP contribution in [0, 0.1) is 0 Å². The van der Waals surface area contributed by atoms with Crippen LogP contribution in [0.1, 0.15) is 27.6 Å². The minimum Gasteiger partial charge on any atom is -0.460 e. The monoisotopic (exact) mass is 459 g/mol. The molecule has 0 aliphatic rings. The van der Waals surface area contributed by atoms with E-state index in [9.17, 15) is 14.4 Å². The van der Waals surface area contributed by atoms with E-state index in [1.165, 1.54) is 18.2 Å². The van der Waals surface area contributed by atoms with Crippen LogP contribution in [0.25, 0.3) is 11.0 Å². The molecule has 0 spiro atoms. The first kappa shape index (κ1) is 20.8. The molecule has 1 amide bonds. The predicted octanol–water partition coefficient (Wildman–Crippen LogP) is 4.00. The molecule has 0 fully saturated rings. The highest BCUT2D eigenvalue weighted by Gasteiger charge is 2.15. The van der Waals surface area contributed by atoms with Crippen molar-refractivity contribution in [1.29, 1.82) is 0 Å². The second-order valence-corrected chi connectivity index (χ2v) is 6.91. The van der Waals surface area contributed by atoms with E-state index in [-0.39, 0.29) is 12.2 Å². The molecule has 8 heteroatoms. The van der Waals surface area contributed by atoms with E-state index in [0.29, 0.717) is 35.4 Å². The van der Waals surface area contributed by atoms with Crippen LogP contribution in [-0.2, 0) is 9.47 Å². The Bertz CT molecular complexity index is 1090. The van der Waals surface area contributed by atoms with Crippen LogP contribution in [0.4, 0.5) is 5.69 Å². The molecular formula is C21H18BrNO6. The van der Waals surface area contributed by atoms with Gasteiger partial charge in [0, 0.05) is 22.2 Å². The first-order valence-electron chi connectivity index (χ1n) is 8.87. The van der Waals surface area contributed by atoms with Gasteiger partial charge in [-0.3, -0.25) is 4.79 Å². The lowest BCUT2D eigenvalue weighted by atomic mass is 10.1. The number of hydrogen-bond acceptors (Lipinski definition) is 6. The molecule has 0 bridgehead atoms. The van der Waals surface area contributed by atoms with Gasteiger partial charge in [-0.25, -0.2) is 9.59 Å². The van der Waals surface area contributed by atoms with Crippen molar-refractivity contribution in [3.05, 3.63) is 74.6 Å². The van der Waals surface area contributed by atoms with Crippen LogP contribution in [-0.4, -0.2) is 31.7 Å². The van der Waals surface area contributed by atoms with Gasteiger partial charge in [-0.1, -0.05) is 15.9 Å². The molecule has 0 radical (unpaired) electrons. The SMILES string of the molecule is CCOCCOC(=O)c1ccc(NC(=O)c2cc3cc(Br)ccc3oc2=O)cc1. The Hall–Kier alpha value is -2.97. The van der Waals surface area contributed by atoms with Gasteiger partial charge in [0.05, 0.1) is 12.2 Å². The maximum atomic E-state index is 12.5. The number of anilines is 1. The summed E-state index contributed by atoms with van der Waals surface area (Å²) in [4.78, 5) is 36.6. The third kappa shape index (κ3) is 5.30. The summed E-state index contributed by atoms with van der Waals surface area (Å²) in [6.07, 6.45) is 0. The molecule has 3 rings (SSSR count). The van der Waals surface area contributed by atoms with Crippen molar-refractivity contribution in [2.24, 2.45) is 0 Å². The zero-order chi connectivity index (χ0) is 20.8. The molecule has 2 aromatic carbocycles. The lowest BCUT2D eigenvalue weighted by molar-refractivity contribution is 0.0335. The van der Waals surface area contributed by atoms with Crippen LogP contribution in [0.15, 0.2) is 62.2 Å². The lowest BCUT2D eigenvalue weighted by Gasteiger charge is -2.07. The van der Waals surface area contributed by atoms with Crippen molar-refractivity contribution in [2.45, 2.75) is 6.92 Å². The van der Waals surface area contributed by atoms with Gasteiger partial charge in [-0.2, -0.15) is 0 Å². The maximum Gasteiger partial charge on any atom is 0.349 e. The lowest BCUT2D eigenvalue weighted by Crippen LogP contribution is -2.20. The number of esters is 1. The second kappa shape index (κ2) is 9.49. The van der Waals surface area contributed by atoms with Crippen LogP contribution in [0.3, 0.4) is 0 Å². The summed E-state index contributed by atoms with van der Waals surface area (Å²) in [5.74, 6) is -1.09. The van der Waals surface area contributed by atoms with Gasteiger partial charge in [0.2, 0.25) is 0 Å². The third-order valence-corrected chi connectivity index (χ3v) is 4.48. The minimum atomic E-state index is -0.730. The number of nitrogens with one attached hydrogen (secondary N) is 1. The van der Waals surface area contributed by atoms with Gasteiger partial charge in [-0.15, -0.1) is 0 Å². The number of carbonyl (C=O) groups excluding carboxylic acids is 2. The molecule has 7 nitrogen and oxygen atoms in total. The van der Waals surface area contributed by atoms with E-state index < -0.39 is 17.5 Å². The van der Waals surface area contributed by atoms with Gasteiger partial charge < -0.3 is 19.2 Å². The van der Waals surface area contributed by atoms with Gasteiger partial charge in [0.15, 0.2) is 0 Å². The molecule has 29 heavy (non-hydrogen) atoms. The number of rotatable bonds is 7. The van der Waals surface area contributed by atoms with Crippen molar-refractivity contribution < 1.29 is 23.5 Å². The van der Waals surface area contributed by atoms with Gasteiger partial charge in [0.25, 0.3) is 5.91 Å². The Kier molecular flexibility index (Phi) is 6.79. The summed E-state index contributed by atoms with van der Waals surface area (Å²) in [6, 6.07) is 12.8. The summed E-state index contributed by atoms with van der Waals surface area (Å²) in [5, 5.41) is 3.24. The first-order chi connectivity index (χ1) is 14.0.